The lowest BCUT2D eigenvalue weighted by molar-refractivity contribution is -0.199. The normalized spacial score (nSPS) is 13.5. The minimum absolute atomic E-state index is 0.0148. The van der Waals surface area contributed by atoms with Gasteiger partial charge in [-0.25, -0.2) is 14.2 Å². The maximum absolute atomic E-state index is 14.3. The van der Waals surface area contributed by atoms with Crippen molar-refractivity contribution in [2.75, 3.05) is 6.54 Å². The van der Waals surface area contributed by atoms with E-state index < -0.39 is 29.8 Å². The maximum Gasteiger partial charge on any atom is 0.493 e. The first-order chi connectivity index (χ1) is 14.6. The van der Waals surface area contributed by atoms with Crippen LogP contribution < -0.4 is 10.2 Å². The molecule has 0 saturated heterocycles. The van der Waals surface area contributed by atoms with Crippen molar-refractivity contribution in [3.05, 3.63) is 65.5 Å². The highest BCUT2D eigenvalue weighted by Crippen LogP contribution is 2.31. The Hall–Kier alpha value is -3.76. The molecule has 3 heterocycles. The number of alkyl halides is 3. The zero-order valence-electron chi connectivity index (χ0n) is 15.5. The van der Waals surface area contributed by atoms with Crippen molar-refractivity contribution in [3.63, 3.8) is 0 Å². The molecule has 0 radical (unpaired) electrons. The summed E-state index contributed by atoms with van der Waals surface area (Å²) in [6.45, 7) is 0.101. The van der Waals surface area contributed by atoms with E-state index in [9.17, 15) is 31.5 Å². The summed E-state index contributed by atoms with van der Waals surface area (Å²) >= 11 is 0. The van der Waals surface area contributed by atoms with E-state index in [0.717, 1.165) is 12.1 Å². The Morgan fingerprint density at radius 1 is 1.10 bits per heavy atom. The van der Waals surface area contributed by atoms with E-state index in [1.165, 1.54) is 30.3 Å². The zero-order chi connectivity index (χ0) is 22.3. The maximum atomic E-state index is 14.3. The molecule has 31 heavy (non-hydrogen) atoms. The van der Waals surface area contributed by atoms with Gasteiger partial charge in [0.2, 0.25) is 5.95 Å². The molecule has 4 rings (SSSR count). The third-order valence-electron chi connectivity index (χ3n) is 4.59. The second-order valence-electron chi connectivity index (χ2n) is 6.61. The van der Waals surface area contributed by atoms with Crippen LogP contribution in [0.15, 0.2) is 42.5 Å². The molecular weight excluding hydrogens is 425 g/mol. The molecule has 1 aliphatic heterocycles. The Morgan fingerprint density at radius 2 is 1.84 bits per heavy atom. The average molecular weight is 437 g/mol. The molecule has 1 amide bonds. The van der Waals surface area contributed by atoms with E-state index in [2.05, 4.69) is 15.1 Å². The van der Waals surface area contributed by atoms with Crippen LogP contribution >= 0.6 is 0 Å². The van der Waals surface area contributed by atoms with Gasteiger partial charge in [-0.05, 0) is 24.3 Å². The molecule has 1 N–H and O–H groups in total. The molecule has 160 valence electrons. The molecule has 1 aliphatic rings. The Kier molecular flexibility index (Phi) is 4.96. The van der Waals surface area contributed by atoms with Gasteiger partial charge in [0.15, 0.2) is 0 Å². The minimum Gasteiger partial charge on any atom is -0.352 e. The van der Waals surface area contributed by atoms with Crippen LogP contribution in [0.3, 0.4) is 0 Å². The van der Waals surface area contributed by atoms with Crippen LogP contribution in [0, 0.1) is 11.8 Å². The first-order valence-corrected chi connectivity index (χ1v) is 8.90. The summed E-state index contributed by atoms with van der Waals surface area (Å²) in [5, 5.41) is 2.52. The van der Waals surface area contributed by atoms with E-state index in [1.54, 1.807) is 0 Å². The Morgan fingerprint density at radius 3 is 2.55 bits per heavy atom. The van der Waals surface area contributed by atoms with Crippen LogP contribution in [0.4, 0.5) is 22.0 Å². The van der Waals surface area contributed by atoms with Crippen LogP contribution in [0.5, 0.6) is 0 Å². The summed E-state index contributed by atoms with van der Waals surface area (Å²) in [7, 11) is 0. The Bertz CT molecular complexity index is 1200. The molecule has 11 heteroatoms. The second kappa shape index (κ2) is 7.49. The van der Waals surface area contributed by atoms with Crippen LogP contribution in [-0.4, -0.2) is 34.3 Å². The van der Waals surface area contributed by atoms with E-state index in [-0.39, 0.29) is 46.7 Å². The van der Waals surface area contributed by atoms with Crippen molar-refractivity contribution in [2.45, 2.75) is 12.6 Å². The number of nitrogens with one attached hydrogen (secondary N) is 1. The Labute approximate surface area is 171 Å². The standard InChI is InChI=1S/C20H12F5N3O3/c21-13-4-2-1-3-11(13)14-7-10(8-17(22)27-14)16-9-12-15(5-6-26-18(12)29)28(16)31-19(30)20(23,24)25/h1-4,7-9H,5-6H2,(H,26,29). The van der Waals surface area contributed by atoms with Crippen molar-refractivity contribution < 1.29 is 36.4 Å². The summed E-state index contributed by atoms with van der Waals surface area (Å²) in [6.07, 6.45) is -5.23. The lowest BCUT2D eigenvalue weighted by atomic mass is 10.1. The molecule has 6 nitrogen and oxygen atoms in total. The minimum atomic E-state index is -5.30. The van der Waals surface area contributed by atoms with Gasteiger partial charge in [-0.2, -0.15) is 22.3 Å². The number of nitrogens with zero attached hydrogens (tertiary/aromatic N) is 2. The van der Waals surface area contributed by atoms with Gasteiger partial charge >= 0.3 is 12.1 Å². The van der Waals surface area contributed by atoms with E-state index in [4.69, 9.17) is 0 Å². The average Bonchev–Trinajstić information content (AvgIpc) is 3.07. The van der Waals surface area contributed by atoms with Crippen LogP contribution in [0.2, 0.25) is 0 Å². The van der Waals surface area contributed by atoms with Crippen molar-refractivity contribution >= 4 is 11.9 Å². The molecule has 0 atom stereocenters. The quantitative estimate of drug-likeness (QED) is 0.504. The predicted octanol–water partition coefficient (Wildman–Crippen LogP) is 3.30. The number of halogens is 5. The molecule has 0 saturated carbocycles. The number of benzene rings is 1. The fourth-order valence-electron chi connectivity index (χ4n) is 3.25. The summed E-state index contributed by atoms with van der Waals surface area (Å²) < 4.78 is 67.4. The Balaban J connectivity index is 1.89. The molecule has 3 aromatic rings. The van der Waals surface area contributed by atoms with Gasteiger partial charge in [-0.15, -0.1) is 0 Å². The molecule has 0 spiro atoms. The second-order valence-corrected chi connectivity index (χ2v) is 6.61. The molecule has 2 aromatic heterocycles. The van der Waals surface area contributed by atoms with Crippen molar-refractivity contribution in [1.29, 1.82) is 0 Å². The fourth-order valence-corrected chi connectivity index (χ4v) is 3.25. The van der Waals surface area contributed by atoms with Crippen LogP contribution in [-0.2, 0) is 11.2 Å². The highest BCUT2D eigenvalue weighted by atomic mass is 19.4. The molecule has 0 unspecified atom stereocenters. The number of pyridine rings is 1. The van der Waals surface area contributed by atoms with Gasteiger partial charge in [0.25, 0.3) is 5.91 Å². The number of carbonyl (C=O) groups is 2. The van der Waals surface area contributed by atoms with Crippen molar-refractivity contribution in [3.8, 4) is 22.5 Å². The SMILES string of the molecule is O=C1NCCc2c1cc(-c1cc(F)nc(-c3ccccc3F)c1)n2OC(=O)C(F)(F)F. The number of aromatic nitrogens is 2. The van der Waals surface area contributed by atoms with Gasteiger partial charge < -0.3 is 10.2 Å². The monoisotopic (exact) mass is 437 g/mol. The smallest absolute Gasteiger partial charge is 0.352 e. The van der Waals surface area contributed by atoms with Gasteiger partial charge in [0, 0.05) is 30.2 Å². The number of rotatable bonds is 3. The first-order valence-electron chi connectivity index (χ1n) is 8.90. The number of hydrogen-bond acceptors (Lipinski definition) is 4. The van der Waals surface area contributed by atoms with Crippen molar-refractivity contribution in [1.82, 2.24) is 15.0 Å². The van der Waals surface area contributed by atoms with E-state index >= 15 is 0 Å². The van der Waals surface area contributed by atoms with Gasteiger partial charge in [0.1, 0.15) is 5.82 Å². The first kappa shape index (κ1) is 20.5. The predicted molar refractivity (Wildman–Crippen MR) is 96.7 cm³/mol. The highest BCUT2D eigenvalue weighted by molar-refractivity contribution is 5.98. The molecule has 1 aromatic carbocycles. The summed E-state index contributed by atoms with van der Waals surface area (Å²) in [4.78, 5) is 31.8. The molecular formula is C20H12F5N3O3. The number of fused-ring (bicyclic) bond motifs is 1. The van der Waals surface area contributed by atoms with E-state index in [0.29, 0.717) is 4.73 Å². The topological polar surface area (TPSA) is 73.2 Å². The third-order valence-corrected chi connectivity index (χ3v) is 4.59. The summed E-state index contributed by atoms with van der Waals surface area (Å²) in [6, 6.07) is 8.68. The zero-order valence-corrected chi connectivity index (χ0v) is 15.5. The van der Waals surface area contributed by atoms with Crippen LogP contribution in [0.1, 0.15) is 16.1 Å². The lowest BCUT2D eigenvalue weighted by Crippen LogP contribution is -2.37. The molecule has 0 fully saturated rings. The summed E-state index contributed by atoms with van der Waals surface area (Å²) in [5.74, 6) is -4.84. The van der Waals surface area contributed by atoms with Gasteiger partial charge in [0.05, 0.1) is 22.6 Å². The molecule has 0 aliphatic carbocycles. The largest absolute Gasteiger partial charge is 0.493 e. The number of amides is 1. The van der Waals surface area contributed by atoms with Crippen LogP contribution in [0.25, 0.3) is 22.5 Å². The molecule has 0 bridgehead atoms. The highest BCUT2D eigenvalue weighted by Gasteiger charge is 2.43. The lowest BCUT2D eigenvalue weighted by Gasteiger charge is -2.17. The van der Waals surface area contributed by atoms with Gasteiger partial charge in [-0.3, -0.25) is 4.79 Å². The number of carbonyl (C=O) groups excluding carboxylic acids is 2. The number of hydrogen-bond donors (Lipinski definition) is 1. The van der Waals surface area contributed by atoms with E-state index in [1.807, 2.05) is 0 Å². The summed E-state index contributed by atoms with van der Waals surface area (Å²) in [5.41, 5.74) is -0.454. The van der Waals surface area contributed by atoms with Crippen molar-refractivity contribution in [2.24, 2.45) is 0 Å². The van der Waals surface area contributed by atoms with Gasteiger partial charge in [-0.1, -0.05) is 12.1 Å². The fraction of sp³-hybridized carbons (Fsp3) is 0.150. The third kappa shape index (κ3) is 3.86.